The predicted octanol–water partition coefficient (Wildman–Crippen LogP) is 3.33. The van der Waals surface area contributed by atoms with Gasteiger partial charge in [0.2, 0.25) is 0 Å². The fourth-order valence-electron chi connectivity index (χ4n) is 3.31. The Kier molecular flexibility index (Phi) is 2.38. The number of fused-ring (bicyclic) bond motifs is 1. The first-order valence-electron chi connectivity index (χ1n) is 6.82. The third kappa shape index (κ3) is 1.68. The Balaban J connectivity index is 1.96. The van der Waals surface area contributed by atoms with Crippen LogP contribution in [0.4, 0.5) is 0 Å². The molecule has 1 fully saturated rings. The molecule has 18 heavy (non-hydrogen) atoms. The maximum absolute atomic E-state index is 4.10. The number of aromatic nitrogens is 2. The Morgan fingerprint density at radius 1 is 1.11 bits per heavy atom. The lowest BCUT2D eigenvalue weighted by molar-refractivity contribution is 0.177. The number of hydrogen-bond acceptors (Lipinski definition) is 1. The first-order valence-corrected chi connectivity index (χ1v) is 6.82. The van der Waals surface area contributed by atoms with Gasteiger partial charge in [-0.1, -0.05) is 57.9 Å². The molecule has 1 aromatic heterocycles. The van der Waals surface area contributed by atoms with Crippen molar-refractivity contribution in [2.75, 3.05) is 0 Å². The second-order valence-corrected chi connectivity index (χ2v) is 7.09. The molecule has 0 saturated carbocycles. The van der Waals surface area contributed by atoms with Crippen LogP contribution < -0.4 is 5.46 Å². The highest BCUT2D eigenvalue weighted by Crippen LogP contribution is 2.52. The third-order valence-corrected chi connectivity index (χ3v) is 5.28. The smallest absolute Gasteiger partial charge is 0.177 e. The molecule has 3 rings (SSSR count). The van der Waals surface area contributed by atoms with Crippen LogP contribution in [0.15, 0.2) is 24.4 Å². The van der Waals surface area contributed by atoms with Crippen molar-refractivity contribution < 1.29 is 0 Å². The molecule has 1 aromatic carbocycles. The molecule has 0 radical (unpaired) electrons. The summed E-state index contributed by atoms with van der Waals surface area (Å²) in [4.78, 5) is 0. The van der Waals surface area contributed by atoms with E-state index in [1.165, 1.54) is 23.5 Å². The van der Waals surface area contributed by atoms with Crippen LogP contribution in [0.2, 0.25) is 12.6 Å². The summed E-state index contributed by atoms with van der Waals surface area (Å²) in [5, 5.41) is 8.35. The van der Waals surface area contributed by atoms with Gasteiger partial charge in [-0.2, -0.15) is 5.10 Å². The van der Waals surface area contributed by atoms with Gasteiger partial charge < -0.3 is 0 Å². The molecule has 2 aromatic rings. The normalized spacial score (nSPS) is 21.7. The van der Waals surface area contributed by atoms with Gasteiger partial charge in [0.05, 0.1) is 11.7 Å². The summed E-state index contributed by atoms with van der Waals surface area (Å²) in [6, 6.07) is 6.74. The molecule has 94 valence electrons. The molecule has 0 unspecified atom stereocenters. The van der Waals surface area contributed by atoms with Crippen molar-refractivity contribution in [2.24, 2.45) is 10.8 Å². The molecule has 1 aliphatic rings. The minimum Gasteiger partial charge on any atom is -0.278 e. The molecule has 3 heteroatoms. The van der Waals surface area contributed by atoms with Crippen molar-refractivity contribution in [1.82, 2.24) is 10.2 Å². The number of nitrogens with zero attached hydrogens (tertiary/aromatic N) is 1. The van der Waals surface area contributed by atoms with Crippen LogP contribution in [-0.2, 0) is 0 Å². The molecule has 2 nitrogen and oxygen atoms in total. The lowest BCUT2D eigenvalue weighted by atomic mass is 9.42. The quantitative estimate of drug-likeness (QED) is 0.761. The van der Waals surface area contributed by atoms with Crippen LogP contribution in [0, 0.1) is 10.8 Å². The van der Waals surface area contributed by atoms with E-state index < -0.39 is 0 Å². The topological polar surface area (TPSA) is 28.7 Å². The fourth-order valence-corrected chi connectivity index (χ4v) is 3.31. The molecule has 1 aliphatic heterocycles. The second-order valence-electron chi connectivity index (χ2n) is 7.09. The molecule has 0 spiro atoms. The van der Waals surface area contributed by atoms with Gasteiger partial charge in [0.1, 0.15) is 0 Å². The molecular formula is C15H21BN2. The summed E-state index contributed by atoms with van der Waals surface area (Å²) in [5.41, 5.74) is 3.45. The summed E-state index contributed by atoms with van der Waals surface area (Å²) in [7, 11) is 0. The zero-order valence-electron chi connectivity index (χ0n) is 11.7. The maximum atomic E-state index is 4.10. The van der Waals surface area contributed by atoms with Gasteiger partial charge in [0.25, 0.3) is 0 Å². The lowest BCUT2D eigenvalue weighted by Crippen LogP contribution is -2.27. The van der Waals surface area contributed by atoms with E-state index in [0.717, 1.165) is 5.52 Å². The number of aromatic amines is 1. The van der Waals surface area contributed by atoms with Gasteiger partial charge in [-0.3, -0.25) is 5.10 Å². The van der Waals surface area contributed by atoms with Crippen molar-refractivity contribution in [3.05, 3.63) is 24.4 Å². The van der Waals surface area contributed by atoms with Gasteiger partial charge in [0, 0.05) is 5.39 Å². The van der Waals surface area contributed by atoms with Crippen molar-refractivity contribution in [2.45, 2.75) is 40.3 Å². The summed E-state index contributed by atoms with van der Waals surface area (Å²) in [6.07, 6.45) is 4.48. The Morgan fingerprint density at radius 2 is 1.78 bits per heavy atom. The zero-order chi connectivity index (χ0) is 13.0. The van der Waals surface area contributed by atoms with Crippen molar-refractivity contribution in [1.29, 1.82) is 0 Å². The molecular weight excluding hydrogens is 219 g/mol. The summed E-state index contributed by atoms with van der Waals surface area (Å²) in [6.45, 7) is 10.3. The van der Waals surface area contributed by atoms with E-state index in [4.69, 9.17) is 0 Å². The molecule has 2 heterocycles. The average Bonchev–Trinajstić information content (AvgIpc) is 2.80. The van der Waals surface area contributed by atoms with E-state index in [0.29, 0.717) is 17.5 Å². The number of H-pyrrole nitrogens is 1. The van der Waals surface area contributed by atoms with Gasteiger partial charge in [-0.25, -0.2) is 0 Å². The molecule has 1 saturated heterocycles. The summed E-state index contributed by atoms with van der Waals surface area (Å²) < 4.78 is 0. The summed E-state index contributed by atoms with van der Waals surface area (Å²) >= 11 is 0. The SMILES string of the molecule is CC1(C)CB(c2ccc3[nH]ncc3c2)CC1(C)C. The van der Waals surface area contributed by atoms with E-state index in [1.54, 1.807) is 0 Å². The minimum absolute atomic E-state index is 0.420. The van der Waals surface area contributed by atoms with Crippen molar-refractivity contribution in [3.8, 4) is 0 Å². The van der Waals surface area contributed by atoms with Crippen LogP contribution in [-0.4, -0.2) is 16.9 Å². The van der Waals surface area contributed by atoms with Gasteiger partial charge in [0.15, 0.2) is 6.71 Å². The van der Waals surface area contributed by atoms with E-state index in [9.17, 15) is 0 Å². The Labute approximate surface area is 109 Å². The largest absolute Gasteiger partial charge is 0.278 e. The summed E-state index contributed by atoms with van der Waals surface area (Å²) in [5.74, 6) is 0. The van der Waals surface area contributed by atoms with E-state index in [1.807, 2.05) is 6.20 Å². The average molecular weight is 240 g/mol. The number of nitrogens with one attached hydrogen (secondary N) is 1. The molecule has 0 atom stereocenters. The zero-order valence-corrected chi connectivity index (χ0v) is 11.7. The standard InChI is InChI=1S/C15H21BN2/c1-14(2)9-16(10-15(14,3)4)12-5-6-13-11(7-12)8-17-18-13/h5-8H,9-10H2,1-4H3,(H,17,18). The molecule has 0 bridgehead atoms. The Morgan fingerprint density at radius 3 is 2.44 bits per heavy atom. The predicted molar refractivity (Wildman–Crippen MR) is 78.7 cm³/mol. The Hall–Kier alpha value is -1.25. The van der Waals surface area contributed by atoms with Gasteiger partial charge in [-0.15, -0.1) is 0 Å². The van der Waals surface area contributed by atoms with Crippen molar-refractivity contribution in [3.63, 3.8) is 0 Å². The molecule has 0 amide bonds. The van der Waals surface area contributed by atoms with E-state index in [-0.39, 0.29) is 0 Å². The maximum Gasteiger partial charge on any atom is 0.177 e. The fraction of sp³-hybridized carbons (Fsp3) is 0.533. The van der Waals surface area contributed by atoms with Gasteiger partial charge in [-0.05, 0) is 16.9 Å². The highest BCUT2D eigenvalue weighted by atomic mass is 15.1. The number of hydrogen-bond donors (Lipinski definition) is 1. The number of benzene rings is 1. The van der Waals surface area contributed by atoms with E-state index >= 15 is 0 Å². The first-order chi connectivity index (χ1) is 8.39. The van der Waals surface area contributed by atoms with Crippen molar-refractivity contribution >= 4 is 23.1 Å². The molecule has 1 N–H and O–H groups in total. The van der Waals surface area contributed by atoms with Crippen LogP contribution in [0.3, 0.4) is 0 Å². The highest BCUT2D eigenvalue weighted by molar-refractivity contribution is 6.74. The van der Waals surface area contributed by atoms with E-state index in [2.05, 4.69) is 56.1 Å². The van der Waals surface area contributed by atoms with Gasteiger partial charge >= 0.3 is 0 Å². The minimum atomic E-state index is 0.420. The monoisotopic (exact) mass is 240 g/mol. The second kappa shape index (κ2) is 3.63. The van der Waals surface area contributed by atoms with Crippen LogP contribution in [0.25, 0.3) is 10.9 Å². The van der Waals surface area contributed by atoms with Crippen LogP contribution in [0.1, 0.15) is 27.7 Å². The van der Waals surface area contributed by atoms with Crippen LogP contribution in [0.5, 0.6) is 0 Å². The third-order valence-electron chi connectivity index (χ3n) is 5.28. The molecule has 0 aliphatic carbocycles. The Bertz CT molecular complexity index is 567. The van der Waals surface area contributed by atoms with Crippen LogP contribution >= 0.6 is 0 Å². The lowest BCUT2D eigenvalue weighted by Gasteiger charge is -2.35. The first kappa shape index (κ1) is 11.8. The number of rotatable bonds is 1. The highest BCUT2D eigenvalue weighted by Gasteiger charge is 2.47.